The van der Waals surface area contributed by atoms with Gasteiger partial charge in [0.25, 0.3) is 0 Å². The van der Waals surface area contributed by atoms with Gasteiger partial charge in [0.2, 0.25) is 0 Å². The summed E-state index contributed by atoms with van der Waals surface area (Å²) >= 11 is 0. The molecular formula is C17H32N2O. The molecule has 1 aliphatic carbocycles. The highest BCUT2D eigenvalue weighted by molar-refractivity contribution is 5.12. The minimum atomic E-state index is -0.360. The molecule has 0 heterocycles. The predicted molar refractivity (Wildman–Crippen MR) is 83.6 cm³/mol. The van der Waals surface area contributed by atoms with Crippen molar-refractivity contribution in [2.24, 2.45) is 0 Å². The molecule has 1 aliphatic rings. The number of rotatable bonds is 9. The third-order valence-electron chi connectivity index (χ3n) is 4.14. The molecule has 0 aliphatic heterocycles. The zero-order valence-electron chi connectivity index (χ0n) is 13.7. The fourth-order valence-electron chi connectivity index (χ4n) is 3.19. The second-order valence-electron chi connectivity index (χ2n) is 6.65. The van der Waals surface area contributed by atoms with Crippen LogP contribution in [0.25, 0.3) is 0 Å². The van der Waals surface area contributed by atoms with Crippen LogP contribution >= 0.6 is 0 Å². The number of nitrogens with zero attached hydrogens (tertiary/aromatic N) is 1. The molecule has 0 radical (unpaired) electrons. The summed E-state index contributed by atoms with van der Waals surface area (Å²) in [5.41, 5.74) is -0.360. The third kappa shape index (κ3) is 5.81. The summed E-state index contributed by atoms with van der Waals surface area (Å²) in [6.07, 6.45) is 9.65. The zero-order chi connectivity index (χ0) is 15.0. The Balaban J connectivity index is 2.31. The smallest absolute Gasteiger partial charge is 0.109 e. The normalized spacial score (nSPS) is 27.7. The predicted octanol–water partition coefficient (Wildman–Crippen LogP) is 4.17. The van der Waals surface area contributed by atoms with Crippen LogP contribution in [0.2, 0.25) is 0 Å². The molecule has 1 saturated carbocycles. The third-order valence-corrected chi connectivity index (χ3v) is 4.14. The number of nitrogens with one attached hydrogen (secondary N) is 1. The molecule has 1 rings (SSSR count). The van der Waals surface area contributed by atoms with Gasteiger partial charge >= 0.3 is 0 Å². The van der Waals surface area contributed by atoms with Gasteiger partial charge < -0.3 is 4.74 Å². The van der Waals surface area contributed by atoms with Gasteiger partial charge in [0, 0.05) is 12.5 Å². The Bertz CT molecular complexity index is 311. The summed E-state index contributed by atoms with van der Waals surface area (Å²) in [5, 5.41) is 12.9. The van der Waals surface area contributed by atoms with Crippen LogP contribution in [-0.2, 0) is 4.74 Å². The van der Waals surface area contributed by atoms with Gasteiger partial charge in [-0.25, -0.2) is 0 Å². The quantitative estimate of drug-likeness (QED) is 0.645. The average Bonchev–Trinajstić information content (AvgIpc) is 2.77. The Morgan fingerprint density at radius 1 is 1.30 bits per heavy atom. The lowest BCUT2D eigenvalue weighted by Crippen LogP contribution is -2.46. The Morgan fingerprint density at radius 2 is 2.05 bits per heavy atom. The fourth-order valence-corrected chi connectivity index (χ4v) is 3.19. The maximum Gasteiger partial charge on any atom is 0.109 e. The van der Waals surface area contributed by atoms with Crippen molar-refractivity contribution in [3.63, 3.8) is 0 Å². The van der Waals surface area contributed by atoms with Crippen molar-refractivity contribution in [2.75, 3.05) is 0 Å². The van der Waals surface area contributed by atoms with Gasteiger partial charge in [0.15, 0.2) is 0 Å². The Labute approximate surface area is 125 Å². The van der Waals surface area contributed by atoms with E-state index in [-0.39, 0.29) is 11.6 Å². The summed E-state index contributed by atoms with van der Waals surface area (Å²) in [5.74, 6) is 0. The molecule has 3 nitrogen and oxygen atoms in total. The molecule has 0 saturated heterocycles. The number of hydrogen-bond acceptors (Lipinski definition) is 3. The first-order chi connectivity index (χ1) is 9.51. The molecule has 116 valence electrons. The fraction of sp³-hybridized carbons (Fsp3) is 0.941. The lowest BCUT2D eigenvalue weighted by Gasteiger charge is -2.26. The average molecular weight is 280 g/mol. The molecule has 0 aromatic rings. The first-order valence-electron chi connectivity index (χ1n) is 8.35. The Kier molecular flexibility index (Phi) is 7.55. The monoisotopic (exact) mass is 280 g/mol. The summed E-state index contributed by atoms with van der Waals surface area (Å²) in [7, 11) is 0. The molecule has 3 atom stereocenters. The highest BCUT2D eigenvalue weighted by Crippen LogP contribution is 2.33. The number of nitriles is 1. The van der Waals surface area contributed by atoms with Gasteiger partial charge in [0.05, 0.1) is 18.3 Å². The highest BCUT2D eigenvalue weighted by Gasteiger charge is 2.40. The van der Waals surface area contributed by atoms with Crippen LogP contribution < -0.4 is 5.32 Å². The molecule has 3 unspecified atom stereocenters. The lowest BCUT2D eigenvalue weighted by molar-refractivity contribution is -0.00563. The number of unbranched alkanes of at least 4 members (excludes halogenated alkanes) is 3. The van der Waals surface area contributed by atoms with E-state index in [0.29, 0.717) is 12.1 Å². The molecule has 0 bridgehead atoms. The zero-order valence-corrected chi connectivity index (χ0v) is 13.7. The minimum Gasteiger partial charge on any atom is -0.375 e. The van der Waals surface area contributed by atoms with Gasteiger partial charge in [-0.2, -0.15) is 5.26 Å². The van der Waals surface area contributed by atoms with E-state index in [2.05, 4.69) is 39.1 Å². The number of hydrogen-bond donors (Lipinski definition) is 1. The molecule has 3 heteroatoms. The molecule has 0 amide bonds. The molecule has 1 fully saturated rings. The van der Waals surface area contributed by atoms with Crippen molar-refractivity contribution in [3.05, 3.63) is 0 Å². The van der Waals surface area contributed by atoms with Crippen LogP contribution in [0, 0.1) is 11.3 Å². The second-order valence-corrected chi connectivity index (χ2v) is 6.65. The SMILES string of the molecule is CCCCCCC(C)OC1CCC(C#N)(NC(C)C)C1. The first kappa shape index (κ1) is 17.5. The summed E-state index contributed by atoms with van der Waals surface area (Å²) < 4.78 is 6.14. The second kappa shape index (κ2) is 8.64. The summed E-state index contributed by atoms with van der Waals surface area (Å²) in [6, 6.07) is 2.83. The van der Waals surface area contributed by atoms with E-state index in [1.807, 2.05) is 0 Å². The Hall–Kier alpha value is -0.590. The van der Waals surface area contributed by atoms with Crippen LogP contribution in [0.15, 0.2) is 0 Å². The molecule has 0 aromatic heterocycles. The van der Waals surface area contributed by atoms with Crippen molar-refractivity contribution in [1.82, 2.24) is 5.32 Å². The first-order valence-corrected chi connectivity index (χ1v) is 8.35. The molecular weight excluding hydrogens is 248 g/mol. The van der Waals surface area contributed by atoms with E-state index in [9.17, 15) is 5.26 Å². The van der Waals surface area contributed by atoms with Crippen molar-refractivity contribution < 1.29 is 4.74 Å². The topological polar surface area (TPSA) is 45.0 Å². The van der Waals surface area contributed by atoms with Crippen molar-refractivity contribution in [3.8, 4) is 6.07 Å². The number of ether oxygens (including phenoxy) is 1. The molecule has 20 heavy (non-hydrogen) atoms. The van der Waals surface area contributed by atoms with E-state index < -0.39 is 0 Å². The van der Waals surface area contributed by atoms with Crippen LogP contribution in [0.3, 0.4) is 0 Å². The molecule has 0 spiro atoms. The van der Waals surface area contributed by atoms with Crippen molar-refractivity contribution in [1.29, 1.82) is 5.26 Å². The van der Waals surface area contributed by atoms with Gasteiger partial charge in [-0.15, -0.1) is 0 Å². The van der Waals surface area contributed by atoms with Crippen LogP contribution in [-0.4, -0.2) is 23.8 Å². The van der Waals surface area contributed by atoms with E-state index in [1.165, 1.54) is 25.7 Å². The lowest BCUT2D eigenvalue weighted by atomic mass is 9.98. The van der Waals surface area contributed by atoms with Crippen molar-refractivity contribution >= 4 is 0 Å². The standard InChI is InChI=1S/C17H32N2O/c1-5-6-7-8-9-15(4)20-16-10-11-17(12-16,13-18)19-14(2)3/h14-16,19H,5-12H2,1-4H3. The van der Waals surface area contributed by atoms with E-state index >= 15 is 0 Å². The van der Waals surface area contributed by atoms with E-state index in [0.717, 1.165) is 25.7 Å². The molecule has 1 N–H and O–H groups in total. The minimum absolute atomic E-state index is 0.252. The van der Waals surface area contributed by atoms with E-state index in [4.69, 9.17) is 4.74 Å². The maximum absolute atomic E-state index is 9.45. The van der Waals surface area contributed by atoms with Gasteiger partial charge in [-0.1, -0.05) is 32.6 Å². The van der Waals surface area contributed by atoms with E-state index in [1.54, 1.807) is 0 Å². The van der Waals surface area contributed by atoms with Gasteiger partial charge in [0.1, 0.15) is 5.54 Å². The highest BCUT2D eigenvalue weighted by atomic mass is 16.5. The summed E-state index contributed by atoms with van der Waals surface area (Å²) in [6.45, 7) is 8.61. The largest absolute Gasteiger partial charge is 0.375 e. The van der Waals surface area contributed by atoms with Crippen LogP contribution in [0.5, 0.6) is 0 Å². The van der Waals surface area contributed by atoms with Crippen LogP contribution in [0.4, 0.5) is 0 Å². The maximum atomic E-state index is 9.45. The van der Waals surface area contributed by atoms with Crippen LogP contribution in [0.1, 0.15) is 79.1 Å². The molecule has 0 aromatic carbocycles. The summed E-state index contributed by atoms with van der Waals surface area (Å²) in [4.78, 5) is 0. The van der Waals surface area contributed by atoms with Gasteiger partial charge in [-0.3, -0.25) is 5.32 Å². The van der Waals surface area contributed by atoms with Gasteiger partial charge in [-0.05, 0) is 40.0 Å². The Morgan fingerprint density at radius 3 is 2.65 bits per heavy atom. The van der Waals surface area contributed by atoms with Crippen molar-refractivity contribution in [2.45, 2.75) is 103 Å².